The van der Waals surface area contributed by atoms with Crippen LogP contribution in [0.3, 0.4) is 0 Å². The predicted molar refractivity (Wildman–Crippen MR) is 74.5 cm³/mol. The lowest BCUT2D eigenvalue weighted by molar-refractivity contribution is 1.10. The van der Waals surface area contributed by atoms with Crippen LogP contribution >= 0.6 is 0 Å². The van der Waals surface area contributed by atoms with Crippen LogP contribution < -0.4 is 5.73 Å². The summed E-state index contributed by atoms with van der Waals surface area (Å²) in [6.07, 6.45) is 1.93. The van der Waals surface area contributed by atoms with Gasteiger partial charge in [-0.1, -0.05) is 30.3 Å². The molecule has 0 atom stereocenters. The fraction of sp³-hybridized carbons (Fsp3) is 0.133. The zero-order valence-electron chi connectivity index (χ0n) is 10.5. The molecule has 2 N–H and O–H groups in total. The normalized spacial score (nSPS) is 11.0. The molecule has 0 aliphatic carbocycles. The number of imidazole rings is 1. The Balaban J connectivity index is 2.33. The predicted octanol–water partition coefficient (Wildman–Crippen LogP) is 3.20. The molecule has 0 unspecified atom stereocenters. The maximum absolute atomic E-state index is 5.89. The maximum atomic E-state index is 5.89. The molecule has 0 radical (unpaired) electrons. The van der Waals surface area contributed by atoms with E-state index in [2.05, 4.69) is 23.5 Å². The number of fused-ring (bicyclic) bond motifs is 1. The summed E-state index contributed by atoms with van der Waals surface area (Å²) < 4.78 is 2.06. The van der Waals surface area contributed by atoms with E-state index in [1.54, 1.807) is 0 Å². The zero-order chi connectivity index (χ0) is 12.7. The van der Waals surface area contributed by atoms with Crippen molar-refractivity contribution in [3.8, 4) is 11.3 Å². The highest BCUT2D eigenvalue weighted by molar-refractivity contribution is 5.68. The number of hydrogen-bond donors (Lipinski definition) is 1. The molecular weight excluding hydrogens is 222 g/mol. The standard InChI is InChI=1S/C15H15N3/c1-10-8-13(16)9-18-11(2)14(17-15(10)18)12-6-4-3-5-7-12/h3-9H,16H2,1-2H3. The van der Waals surface area contributed by atoms with Crippen molar-refractivity contribution in [2.45, 2.75) is 13.8 Å². The summed E-state index contributed by atoms with van der Waals surface area (Å²) in [5.74, 6) is 0. The number of nitrogens with two attached hydrogens (primary N) is 1. The van der Waals surface area contributed by atoms with Gasteiger partial charge in [-0.05, 0) is 25.5 Å². The number of aryl methyl sites for hydroxylation is 2. The van der Waals surface area contributed by atoms with Crippen LogP contribution in [0.15, 0.2) is 42.6 Å². The van der Waals surface area contributed by atoms with Gasteiger partial charge in [0.25, 0.3) is 0 Å². The number of nitrogen functional groups attached to an aromatic ring is 1. The van der Waals surface area contributed by atoms with Crippen LogP contribution in [0.4, 0.5) is 5.69 Å². The van der Waals surface area contributed by atoms with Crippen LogP contribution in [0.5, 0.6) is 0 Å². The van der Waals surface area contributed by atoms with Crippen LogP contribution in [-0.4, -0.2) is 9.38 Å². The van der Waals surface area contributed by atoms with E-state index in [0.717, 1.165) is 33.8 Å². The largest absolute Gasteiger partial charge is 0.398 e. The summed E-state index contributed by atoms with van der Waals surface area (Å²) in [4.78, 5) is 4.73. The van der Waals surface area contributed by atoms with E-state index in [0.29, 0.717) is 0 Å². The average Bonchev–Trinajstić information content (AvgIpc) is 2.69. The van der Waals surface area contributed by atoms with Crippen LogP contribution in [0, 0.1) is 13.8 Å². The minimum Gasteiger partial charge on any atom is -0.398 e. The molecule has 3 heteroatoms. The number of pyridine rings is 1. The lowest BCUT2D eigenvalue weighted by Crippen LogP contribution is -1.94. The van der Waals surface area contributed by atoms with Crippen molar-refractivity contribution in [1.82, 2.24) is 9.38 Å². The van der Waals surface area contributed by atoms with Gasteiger partial charge >= 0.3 is 0 Å². The Hall–Kier alpha value is -2.29. The van der Waals surface area contributed by atoms with Crippen molar-refractivity contribution in [3.63, 3.8) is 0 Å². The fourth-order valence-electron chi connectivity index (χ4n) is 2.32. The van der Waals surface area contributed by atoms with Crippen molar-refractivity contribution >= 4 is 11.3 Å². The topological polar surface area (TPSA) is 43.3 Å². The first-order chi connectivity index (χ1) is 8.66. The molecule has 1 aromatic carbocycles. The second-order valence-corrected chi connectivity index (χ2v) is 4.56. The number of nitrogens with zero attached hydrogens (tertiary/aromatic N) is 2. The molecule has 0 fully saturated rings. The highest BCUT2D eigenvalue weighted by atomic mass is 15.0. The Kier molecular flexibility index (Phi) is 2.33. The summed E-state index contributed by atoms with van der Waals surface area (Å²) in [6, 6.07) is 12.2. The van der Waals surface area contributed by atoms with Crippen LogP contribution in [-0.2, 0) is 0 Å². The first-order valence-corrected chi connectivity index (χ1v) is 5.97. The molecule has 0 amide bonds. The molecule has 0 bridgehead atoms. The molecule has 0 spiro atoms. The van der Waals surface area contributed by atoms with E-state index in [1.807, 2.05) is 37.4 Å². The first-order valence-electron chi connectivity index (χ1n) is 5.97. The SMILES string of the molecule is Cc1cc(N)cn2c(C)c(-c3ccccc3)nc12. The Morgan fingerprint density at radius 3 is 2.56 bits per heavy atom. The average molecular weight is 237 g/mol. The van der Waals surface area contributed by atoms with Crippen molar-refractivity contribution in [2.24, 2.45) is 0 Å². The maximum Gasteiger partial charge on any atom is 0.140 e. The van der Waals surface area contributed by atoms with Gasteiger partial charge in [0, 0.05) is 23.1 Å². The Bertz CT molecular complexity index is 711. The monoisotopic (exact) mass is 237 g/mol. The van der Waals surface area contributed by atoms with E-state index < -0.39 is 0 Å². The van der Waals surface area contributed by atoms with Gasteiger partial charge in [-0.25, -0.2) is 4.98 Å². The van der Waals surface area contributed by atoms with Gasteiger partial charge < -0.3 is 10.1 Å². The summed E-state index contributed by atoms with van der Waals surface area (Å²) in [7, 11) is 0. The molecule has 18 heavy (non-hydrogen) atoms. The van der Waals surface area contributed by atoms with Crippen molar-refractivity contribution < 1.29 is 0 Å². The summed E-state index contributed by atoms with van der Waals surface area (Å²) in [5, 5.41) is 0. The van der Waals surface area contributed by atoms with Gasteiger partial charge in [-0.15, -0.1) is 0 Å². The number of hydrogen-bond acceptors (Lipinski definition) is 2. The van der Waals surface area contributed by atoms with E-state index in [-0.39, 0.29) is 0 Å². The van der Waals surface area contributed by atoms with Gasteiger partial charge in [0.15, 0.2) is 0 Å². The summed E-state index contributed by atoms with van der Waals surface area (Å²) in [6.45, 7) is 4.11. The van der Waals surface area contributed by atoms with E-state index in [1.165, 1.54) is 0 Å². The number of anilines is 1. The number of benzene rings is 1. The van der Waals surface area contributed by atoms with Crippen molar-refractivity contribution in [2.75, 3.05) is 5.73 Å². The van der Waals surface area contributed by atoms with E-state index >= 15 is 0 Å². The van der Waals surface area contributed by atoms with Crippen LogP contribution in [0.2, 0.25) is 0 Å². The van der Waals surface area contributed by atoms with Gasteiger partial charge in [0.1, 0.15) is 5.65 Å². The Morgan fingerprint density at radius 2 is 1.83 bits per heavy atom. The van der Waals surface area contributed by atoms with E-state index in [4.69, 9.17) is 10.7 Å². The molecule has 0 saturated carbocycles. The quantitative estimate of drug-likeness (QED) is 0.706. The van der Waals surface area contributed by atoms with Gasteiger partial charge in [0.2, 0.25) is 0 Å². The number of rotatable bonds is 1. The fourth-order valence-corrected chi connectivity index (χ4v) is 2.32. The molecule has 0 saturated heterocycles. The molecule has 3 aromatic rings. The van der Waals surface area contributed by atoms with Crippen molar-refractivity contribution in [1.29, 1.82) is 0 Å². The highest BCUT2D eigenvalue weighted by Crippen LogP contribution is 2.25. The lowest BCUT2D eigenvalue weighted by Gasteiger charge is -2.02. The zero-order valence-corrected chi connectivity index (χ0v) is 10.5. The third-order valence-electron chi connectivity index (χ3n) is 3.21. The molecule has 0 aliphatic heterocycles. The first kappa shape index (κ1) is 10.8. The smallest absolute Gasteiger partial charge is 0.140 e. The highest BCUT2D eigenvalue weighted by Gasteiger charge is 2.11. The van der Waals surface area contributed by atoms with Crippen LogP contribution in [0.1, 0.15) is 11.3 Å². The molecule has 2 aromatic heterocycles. The molecule has 90 valence electrons. The summed E-state index contributed by atoms with van der Waals surface area (Å²) >= 11 is 0. The second kappa shape index (κ2) is 3.88. The molecular formula is C15H15N3. The van der Waals surface area contributed by atoms with Crippen molar-refractivity contribution in [3.05, 3.63) is 53.9 Å². The molecule has 3 rings (SSSR count). The minimum absolute atomic E-state index is 0.764. The molecule has 3 nitrogen and oxygen atoms in total. The number of aromatic nitrogens is 2. The van der Waals surface area contributed by atoms with Gasteiger partial charge in [-0.2, -0.15) is 0 Å². The van der Waals surface area contributed by atoms with Gasteiger partial charge in [0.05, 0.1) is 5.69 Å². The van der Waals surface area contributed by atoms with E-state index in [9.17, 15) is 0 Å². The van der Waals surface area contributed by atoms with Crippen LogP contribution in [0.25, 0.3) is 16.9 Å². The lowest BCUT2D eigenvalue weighted by atomic mass is 10.1. The summed E-state index contributed by atoms with van der Waals surface area (Å²) in [5.41, 5.74) is 12.0. The Morgan fingerprint density at radius 1 is 1.11 bits per heavy atom. The third kappa shape index (κ3) is 1.56. The Labute approximate surface area is 106 Å². The second-order valence-electron chi connectivity index (χ2n) is 4.56. The third-order valence-corrected chi connectivity index (χ3v) is 3.21. The molecule has 0 aliphatic rings. The molecule has 2 heterocycles. The minimum atomic E-state index is 0.764. The van der Waals surface area contributed by atoms with Gasteiger partial charge in [-0.3, -0.25) is 0 Å².